The van der Waals surface area contributed by atoms with Crippen LogP contribution in [0.5, 0.6) is 5.75 Å². The molecule has 3 rings (SSSR count). The average Bonchev–Trinajstić information content (AvgIpc) is 2.58. The van der Waals surface area contributed by atoms with Crippen molar-refractivity contribution in [1.82, 2.24) is 5.43 Å². The Labute approximate surface area is 148 Å². The fraction of sp³-hybridized carbons (Fsp3) is 0.125. The molecule has 0 spiro atoms. The van der Waals surface area contributed by atoms with E-state index in [1.54, 1.807) is 37.1 Å². The molecule has 1 N–H and O–H groups in total. The van der Waals surface area contributed by atoms with E-state index in [1.165, 1.54) is 0 Å². The van der Waals surface area contributed by atoms with Crippen LogP contribution in [-0.4, -0.2) is 23.7 Å². The maximum Gasteiger partial charge on any atom is 0.182 e. The Morgan fingerprint density at radius 2 is 2.09 bits per heavy atom. The molecule has 0 aromatic heterocycles. The first-order valence-corrected chi connectivity index (χ1v) is 8.53. The van der Waals surface area contributed by atoms with Crippen LogP contribution in [0.4, 0.5) is 5.69 Å². The van der Waals surface area contributed by atoms with Crippen LogP contribution in [0.1, 0.15) is 5.56 Å². The summed E-state index contributed by atoms with van der Waals surface area (Å²) >= 11 is 13.6. The highest BCUT2D eigenvalue weighted by Crippen LogP contribution is 2.29. The number of nitrogens with zero attached hydrogens (tertiary/aromatic N) is 2. The fourth-order valence-electron chi connectivity index (χ4n) is 2.01. The van der Waals surface area contributed by atoms with Crippen LogP contribution in [-0.2, 0) is 0 Å². The number of rotatable bonds is 3. The van der Waals surface area contributed by atoms with E-state index in [2.05, 4.69) is 15.5 Å². The predicted octanol–water partition coefficient (Wildman–Crippen LogP) is 4.73. The standard InChI is InChI=1S/C16H13Cl2N3OS/c1-22-12-4-2-3-10(7-12)15-9-23-16(21-20-15)19-14-6-5-11(17)8-13(14)18/h2-8H,9H2,1H3,(H,19,21). The van der Waals surface area contributed by atoms with Gasteiger partial charge in [0.15, 0.2) is 5.17 Å². The normalized spacial score (nSPS) is 16.0. The first-order chi connectivity index (χ1) is 11.2. The summed E-state index contributed by atoms with van der Waals surface area (Å²) in [4.78, 5) is 4.47. The molecule has 1 aliphatic rings. The molecule has 0 bridgehead atoms. The molecule has 0 saturated heterocycles. The van der Waals surface area contributed by atoms with E-state index in [-0.39, 0.29) is 0 Å². The van der Waals surface area contributed by atoms with Crippen molar-refractivity contribution in [3.05, 3.63) is 58.1 Å². The zero-order valence-electron chi connectivity index (χ0n) is 12.2. The quantitative estimate of drug-likeness (QED) is 0.854. The number of thioether (sulfide) groups is 1. The molecule has 1 heterocycles. The number of benzene rings is 2. The molecule has 0 atom stereocenters. The van der Waals surface area contributed by atoms with Crippen LogP contribution in [0, 0.1) is 0 Å². The zero-order valence-corrected chi connectivity index (χ0v) is 14.5. The molecular formula is C16H13Cl2N3OS. The molecule has 2 aromatic carbocycles. The molecule has 23 heavy (non-hydrogen) atoms. The molecule has 0 aliphatic carbocycles. The molecule has 4 nitrogen and oxygen atoms in total. The van der Waals surface area contributed by atoms with Gasteiger partial charge in [-0.15, -0.1) is 0 Å². The second-order valence-corrected chi connectivity index (χ2v) is 6.51. The lowest BCUT2D eigenvalue weighted by molar-refractivity contribution is 0.414. The van der Waals surface area contributed by atoms with Crippen molar-refractivity contribution < 1.29 is 4.74 Å². The molecule has 0 unspecified atom stereocenters. The highest BCUT2D eigenvalue weighted by Gasteiger charge is 2.14. The first-order valence-electron chi connectivity index (χ1n) is 6.79. The van der Waals surface area contributed by atoms with Crippen molar-refractivity contribution >= 4 is 51.5 Å². The van der Waals surface area contributed by atoms with E-state index in [0.29, 0.717) is 26.7 Å². The number of amidine groups is 1. The lowest BCUT2D eigenvalue weighted by Gasteiger charge is -2.15. The van der Waals surface area contributed by atoms with Crippen molar-refractivity contribution in [2.75, 3.05) is 12.9 Å². The van der Waals surface area contributed by atoms with Gasteiger partial charge in [0, 0.05) is 16.3 Å². The third-order valence-electron chi connectivity index (χ3n) is 3.17. The topological polar surface area (TPSA) is 46.0 Å². The summed E-state index contributed by atoms with van der Waals surface area (Å²) in [7, 11) is 1.65. The number of methoxy groups -OCH3 is 1. The minimum absolute atomic E-state index is 0.509. The molecule has 1 aliphatic heterocycles. The largest absolute Gasteiger partial charge is 0.497 e. The Morgan fingerprint density at radius 3 is 2.78 bits per heavy atom. The van der Waals surface area contributed by atoms with Crippen LogP contribution in [0.2, 0.25) is 10.0 Å². The second kappa shape index (κ2) is 7.25. The summed E-state index contributed by atoms with van der Waals surface area (Å²) in [5.74, 6) is 1.52. The number of hydrazone groups is 1. The number of hydrogen-bond acceptors (Lipinski definition) is 4. The maximum atomic E-state index is 6.13. The van der Waals surface area contributed by atoms with E-state index >= 15 is 0 Å². The second-order valence-electron chi connectivity index (χ2n) is 4.70. The van der Waals surface area contributed by atoms with Gasteiger partial charge in [0.25, 0.3) is 0 Å². The summed E-state index contributed by atoms with van der Waals surface area (Å²) in [6, 6.07) is 13.0. The van der Waals surface area contributed by atoms with E-state index in [0.717, 1.165) is 17.0 Å². The third kappa shape index (κ3) is 3.99. The van der Waals surface area contributed by atoms with Crippen LogP contribution in [0.3, 0.4) is 0 Å². The third-order valence-corrected chi connectivity index (χ3v) is 4.58. The Balaban J connectivity index is 1.78. The van der Waals surface area contributed by atoms with Crippen LogP contribution < -0.4 is 10.2 Å². The summed E-state index contributed by atoms with van der Waals surface area (Å²) in [5.41, 5.74) is 5.58. The molecule has 0 amide bonds. The number of aliphatic imine (C=N–C) groups is 1. The SMILES string of the molecule is COc1cccc(C2=NNC(=Nc3ccc(Cl)cc3Cl)SC2)c1. The van der Waals surface area contributed by atoms with Crippen molar-refractivity contribution in [1.29, 1.82) is 0 Å². The summed E-state index contributed by atoms with van der Waals surface area (Å²) in [5, 5.41) is 6.18. The van der Waals surface area contributed by atoms with Crippen molar-refractivity contribution in [3.63, 3.8) is 0 Å². The number of halogens is 2. The summed E-state index contributed by atoms with van der Waals surface area (Å²) in [6.45, 7) is 0. The molecule has 0 fully saturated rings. The van der Waals surface area contributed by atoms with Gasteiger partial charge >= 0.3 is 0 Å². The van der Waals surface area contributed by atoms with Crippen LogP contribution in [0.15, 0.2) is 52.6 Å². The van der Waals surface area contributed by atoms with E-state index in [4.69, 9.17) is 27.9 Å². The van der Waals surface area contributed by atoms with Gasteiger partial charge in [-0.1, -0.05) is 47.1 Å². The van der Waals surface area contributed by atoms with Crippen LogP contribution in [0.25, 0.3) is 0 Å². The van der Waals surface area contributed by atoms with Gasteiger partial charge in [0.2, 0.25) is 0 Å². The van der Waals surface area contributed by atoms with Gasteiger partial charge in [0.05, 0.1) is 23.5 Å². The predicted molar refractivity (Wildman–Crippen MR) is 98.7 cm³/mol. The molecular weight excluding hydrogens is 353 g/mol. The summed E-state index contributed by atoms with van der Waals surface area (Å²) in [6.07, 6.45) is 0. The number of ether oxygens (including phenoxy) is 1. The molecule has 2 aromatic rings. The van der Waals surface area contributed by atoms with Crippen molar-refractivity contribution in [3.8, 4) is 5.75 Å². The minimum Gasteiger partial charge on any atom is -0.497 e. The Bertz CT molecular complexity index is 793. The average molecular weight is 366 g/mol. The van der Waals surface area contributed by atoms with E-state index in [9.17, 15) is 0 Å². The van der Waals surface area contributed by atoms with Crippen LogP contribution >= 0.6 is 35.0 Å². The Hall–Kier alpha value is -1.69. The van der Waals surface area contributed by atoms with E-state index in [1.807, 2.05) is 24.3 Å². The van der Waals surface area contributed by atoms with Gasteiger partial charge in [-0.3, -0.25) is 5.43 Å². The molecule has 118 valence electrons. The smallest absolute Gasteiger partial charge is 0.182 e. The molecule has 0 saturated carbocycles. The lowest BCUT2D eigenvalue weighted by Crippen LogP contribution is -2.25. The van der Waals surface area contributed by atoms with Gasteiger partial charge in [0.1, 0.15) is 5.75 Å². The number of nitrogens with one attached hydrogen (secondary N) is 1. The highest BCUT2D eigenvalue weighted by atomic mass is 35.5. The molecule has 7 heteroatoms. The Morgan fingerprint density at radius 1 is 1.22 bits per heavy atom. The fourth-order valence-corrected chi connectivity index (χ4v) is 3.23. The van der Waals surface area contributed by atoms with Gasteiger partial charge in [-0.2, -0.15) is 5.10 Å². The molecule has 0 radical (unpaired) electrons. The van der Waals surface area contributed by atoms with Crippen molar-refractivity contribution in [2.24, 2.45) is 10.1 Å². The van der Waals surface area contributed by atoms with Gasteiger partial charge < -0.3 is 4.74 Å². The van der Waals surface area contributed by atoms with E-state index < -0.39 is 0 Å². The van der Waals surface area contributed by atoms with Crippen molar-refractivity contribution in [2.45, 2.75) is 0 Å². The number of hydrogen-bond donors (Lipinski definition) is 1. The zero-order chi connectivity index (χ0) is 16.2. The van der Waals surface area contributed by atoms with Gasteiger partial charge in [-0.25, -0.2) is 4.99 Å². The monoisotopic (exact) mass is 365 g/mol. The maximum absolute atomic E-state index is 6.13. The lowest BCUT2D eigenvalue weighted by atomic mass is 10.1. The van der Waals surface area contributed by atoms with Gasteiger partial charge in [-0.05, 0) is 30.3 Å². The minimum atomic E-state index is 0.509. The summed E-state index contributed by atoms with van der Waals surface area (Å²) < 4.78 is 5.24. The highest BCUT2D eigenvalue weighted by molar-refractivity contribution is 8.14. The first kappa shape index (κ1) is 16.2. The Kier molecular flexibility index (Phi) is 5.10.